The number of hydrogen-bond donors (Lipinski definition) is 0. The maximum atomic E-state index is 13.5. The second-order valence-corrected chi connectivity index (χ2v) is 8.09. The van der Waals surface area contributed by atoms with Crippen LogP contribution in [0.2, 0.25) is 0 Å². The van der Waals surface area contributed by atoms with Crippen LogP contribution in [0.4, 0.5) is 22.0 Å². The van der Waals surface area contributed by atoms with Gasteiger partial charge in [-0.15, -0.1) is 0 Å². The predicted octanol–water partition coefficient (Wildman–Crippen LogP) is 5.19. The Balaban J connectivity index is 2.52. The Morgan fingerprint density at radius 2 is 1.21 bits per heavy atom. The fourth-order valence-corrected chi connectivity index (χ4v) is 3.43. The van der Waals surface area contributed by atoms with Crippen LogP contribution in [0, 0.1) is 29.1 Å². The number of Topliss-reactive ketones (excluding diaryl/α,β-unsaturated/α-hetero) is 1. The molecule has 160 valence electrons. The molecule has 0 fully saturated rings. The molecule has 28 heavy (non-hydrogen) atoms. The predicted molar refractivity (Wildman–Crippen MR) is 92.9 cm³/mol. The van der Waals surface area contributed by atoms with Gasteiger partial charge in [0, 0.05) is 12.8 Å². The third-order valence-electron chi connectivity index (χ3n) is 4.07. The van der Waals surface area contributed by atoms with E-state index in [1.54, 1.807) is 0 Å². The van der Waals surface area contributed by atoms with Crippen LogP contribution in [0.15, 0.2) is 0 Å². The minimum atomic E-state index is -4.72. The van der Waals surface area contributed by atoms with Gasteiger partial charge in [0.2, 0.25) is 34.8 Å². The standard InChI is InChI=1S/C18H23F5O4S/c1-2-3-4-5-6-7-8-9-12(24)10-11-28(25,26)27-18-16(22)14(20)13(19)15(21)17(18)23/h2-11H2,1H3. The van der Waals surface area contributed by atoms with Crippen LogP contribution in [0.5, 0.6) is 5.75 Å². The number of ketones is 1. The highest BCUT2D eigenvalue weighted by atomic mass is 32.2. The zero-order chi connectivity index (χ0) is 21.3. The van der Waals surface area contributed by atoms with Crippen molar-refractivity contribution in [2.75, 3.05) is 5.75 Å². The fourth-order valence-electron chi connectivity index (χ4n) is 2.47. The SMILES string of the molecule is CCCCCCCCCC(=O)CCS(=O)(=O)Oc1c(F)c(F)c(F)c(F)c1F. The molecule has 1 aromatic carbocycles. The maximum Gasteiger partial charge on any atom is 0.309 e. The van der Waals surface area contributed by atoms with Crippen molar-refractivity contribution >= 4 is 15.9 Å². The van der Waals surface area contributed by atoms with Crippen LogP contribution in [0.25, 0.3) is 0 Å². The summed E-state index contributed by atoms with van der Waals surface area (Å²) in [5.74, 6) is -15.1. The zero-order valence-electron chi connectivity index (χ0n) is 15.5. The molecule has 0 atom stereocenters. The summed E-state index contributed by atoms with van der Waals surface area (Å²) in [6.45, 7) is 2.10. The van der Waals surface area contributed by atoms with Crippen molar-refractivity contribution in [1.29, 1.82) is 0 Å². The van der Waals surface area contributed by atoms with Gasteiger partial charge in [0.1, 0.15) is 5.78 Å². The highest BCUT2D eigenvalue weighted by Crippen LogP contribution is 2.30. The van der Waals surface area contributed by atoms with E-state index in [9.17, 15) is 35.2 Å². The second kappa shape index (κ2) is 11.3. The van der Waals surface area contributed by atoms with Crippen molar-refractivity contribution in [2.24, 2.45) is 0 Å². The highest BCUT2D eigenvalue weighted by molar-refractivity contribution is 7.87. The molecule has 1 rings (SSSR count). The van der Waals surface area contributed by atoms with Crippen LogP contribution in [-0.2, 0) is 14.9 Å². The van der Waals surface area contributed by atoms with Crippen molar-refractivity contribution < 1.29 is 39.3 Å². The summed E-state index contributed by atoms with van der Waals surface area (Å²) in [4.78, 5) is 11.7. The molecule has 0 heterocycles. The first-order valence-corrected chi connectivity index (χ1v) is 10.6. The molecular weight excluding hydrogens is 407 g/mol. The van der Waals surface area contributed by atoms with Gasteiger partial charge in [0.05, 0.1) is 5.75 Å². The molecule has 0 spiro atoms. The Kier molecular flexibility index (Phi) is 9.84. The average molecular weight is 430 g/mol. The quantitative estimate of drug-likeness (QED) is 0.142. The lowest BCUT2D eigenvalue weighted by atomic mass is 10.1. The topological polar surface area (TPSA) is 60.4 Å². The van der Waals surface area contributed by atoms with E-state index in [0.717, 1.165) is 38.5 Å². The number of carbonyl (C=O) groups excluding carboxylic acids is 1. The molecule has 0 saturated carbocycles. The molecule has 0 N–H and O–H groups in total. The van der Waals surface area contributed by atoms with E-state index in [2.05, 4.69) is 11.1 Å². The summed E-state index contributed by atoms with van der Waals surface area (Å²) in [6, 6.07) is 0. The van der Waals surface area contributed by atoms with E-state index in [1.165, 1.54) is 0 Å². The molecule has 1 aromatic rings. The Labute approximate surface area is 161 Å². The van der Waals surface area contributed by atoms with Crippen LogP contribution < -0.4 is 4.18 Å². The van der Waals surface area contributed by atoms with Gasteiger partial charge < -0.3 is 4.18 Å². The Morgan fingerprint density at radius 3 is 1.75 bits per heavy atom. The molecule has 0 aliphatic heterocycles. The number of benzene rings is 1. The molecule has 0 amide bonds. The normalized spacial score (nSPS) is 11.6. The van der Waals surface area contributed by atoms with Gasteiger partial charge in [-0.2, -0.15) is 17.2 Å². The summed E-state index contributed by atoms with van der Waals surface area (Å²) < 4.78 is 93.6. The summed E-state index contributed by atoms with van der Waals surface area (Å²) in [5.41, 5.74) is 0. The molecule has 0 aliphatic carbocycles. The molecule has 0 aromatic heterocycles. The van der Waals surface area contributed by atoms with Crippen LogP contribution in [0.3, 0.4) is 0 Å². The van der Waals surface area contributed by atoms with Crippen molar-refractivity contribution in [3.63, 3.8) is 0 Å². The largest absolute Gasteiger partial charge is 0.376 e. The Hall–Kier alpha value is -1.71. The number of unbranched alkanes of at least 4 members (excludes halogenated alkanes) is 6. The number of hydrogen-bond acceptors (Lipinski definition) is 4. The summed E-state index contributed by atoms with van der Waals surface area (Å²) in [6.07, 6.45) is 6.50. The van der Waals surface area contributed by atoms with Gasteiger partial charge >= 0.3 is 10.1 Å². The zero-order valence-corrected chi connectivity index (χ0v) is 16.3. The molecule has 0 aliphatic rings. The van der Waals surface area contributed by atoms with Gasteiger partial charge in [0.15, 0.2) is 0 Å². The van der Waals surface area contributed by atoms with Crippen LogP contribution in [-0.4, -0.2) is 20.0 Å². The van der Waals surface area contributed by atoms with E-state index < -0.39 is 62.9 Å². The Bertz CT molecular complexity index is 752. The summed E-state index contributed by atoms with van der Waals surface area (Å²) in [5, 5.41) is 0. The van der Waals surface area contributed by atoms with E-state index >= 15 is 0 Å². The lowest BCUT2D eigenvalue weighted by Crippen LogP contribution is -2.19. The van der Waals surface area contributed by atoms with E-state index in [0.29, 0.717) is 6.42 Å². The van der Waals surface area contributed by atoms with Gasteiger partial charge in [0.25, 0.3) is 0 Å². The van der Waals surface area contributed by atoms with Crippen molar-refractivity contribution in [3.05, 3.63) is 29.1 Å². The van der Waals surface area contributed by atoms with Gasteiger partial charge in [-0.3, -0.25) is 4.79 Å². The first kappa shape index (κ1) is 24.3. The molecule has 0 unspecified atom stereocenters. The fraction of sp³-hybridized carbons (Fsp3) is 0.611. The van der Waals surface area contributed by atoms with Crippen LogP contribution >= 0.6 is 0 Å². The smallest absolute Gasteiger partial charge is 0.309 e. The molecular formula is C18H23F5O4S. The molecule has 4 nitrogen and oxygen atoms in total. The highest BCUT2D eigenvalue weighted by Gasteiger charge is 2.30. The first-order valence-electron chi connectivity index (χ1n) is 9.06. The Morgan fingerprint density at radius 1 is 0.750 bits per heavy atom. The third-order valence-corrected chi connectivity index (χ3v) is 5.19. The average Bonchev–Trinajstić information content (AvgIpc) is 2.66. The number of carbonyl (C=O) groups is 1. The number of rotatable bonds is 13. The molecule has 0 saturated heterocycles. The molecule has 0 bridgehead atoms. The second-order valence-electron chi connectivity index (χ2n) is 6.40. The minimum absolute atomic E-state index is 0.145. The van der Waals surface area contributed by atoms with E-state index in [-0.39, 0.29) is 6.42 Å². The van der Waals surface area contributed by atoms with Crippen LogP contribution in [0.1, 0.15) is 64.7 Å². The first-order chi connectivity index (χ1) is 13.1. The molecule has 0 radical (unpaired) electrons. The lowest BCUT2D eigenvalue weighted by Gasteiger charge is -2.10. The summed E-state index contributed by atoms with van der Waals surface area (Å²) in [7, 11) is -4.72. The van der Waals surface area contributed by atoms with Gasteiger partial charge in [-0.1, -0.05) is 45.4 Å². The van der Waals surface area contributed by atoms with Crippen molar-refractivity contribution in [2.45, 2.75) is 64.7 Å². The maximum absolute atomic E-state index is 13.5. The minimum Gasteiger partial charge on any atom is -0.376 e. The van der Waals surface area contributed by atoms with Gasteiger partial charge in [-0.25, -0.2) is 13.2 Å². The van der Waals surface area contributed by atoms with Gasteiger partial charge in [-0.05, 0) is 6.42 Å². The number of halogens is 5. The van der Waals surface area contributed by atoms with Crippen molar-refractivity contribution in [3.8, 4) is 5.75 Å². The van der Waals surface area contributed by atoms with E-state index in [1.807, 2.05) is 0 Å². The summed E-state index contributed by atoms with van der Waals surface area (Å²) >= 11 is 0. The lowest BCUT2D eigenvalue weighted by molar-refractivity contribution is -0.118. The third kappa shape index (κ3) is 7.37. The monoisotopic (exact) mass is 430 g/mol. The van der Waals surface area contributed by atoms with Crippen molar-refractivity contribution in [1.82, 2.24) is 0 Å². The van der Waals surface area contributed by atoms with E-state index in [4.69, 9.17) is 0 Å². The molecule has 10 heteroatoms.